The Labute approximate surface area is 164 Å². The number of ether oxygens (including phenoxy) is 1. The molecule has 0 aromatic heterocycles. The van der Waals surface area contributed by atoms with Crippen LogP contribution in [-0.2, 0) is 11.2 Å². The van der Waals surface area contributed by atoms with Crippen LogP contribution < -0.4 is 10.6 Å². The number of benzene rings is 1. The van der Waals surface area contributed by atoms with Crippen molar-refractivity contribution in [1.82, 2.24) is 10.6 Å². The third kappa shape index (κ3) is 4.01. The molecule has 0 bridgehead atoms. The number of rotatable bonds is 8. The SMILES string of the molecule is CCOCCC1(CNC(=NC)NCC2C3Cc4ccccc4C23)CCCC1. The molecule has 0 heterocycles. The van der Waals surface area contributed by atoms with Crippen molar-refractivity contribution >= 4 is 5.96 Å². The van der Waals surface area contributed by atoms with E-state index in [1.807, 2.05) is 7.05 Å². The van der Waals surface area contributed by atoms with E-state index < -0.39 is 0 Å². The van der Waals surface area contributed by atoms with Crippen LogP contribution >= 0.6 is 0 Å². The van der Waals surface area contributed by atoms with E-state index in [0.29, 0.717) is 5.41 Å². The Hall–Kier alpha value is -1.55. The van der Waals surface area contributed by atoms with Gasteiger partial charge in [-0.3, -0.25) is 4.99 Å². The molecule has 4 heteroatoms. The summed E-state index contributed by atoms with van der Waals surface area (Å²) in [6.45, 7) is 5.83. The Morgan fingerprint density at radius 2 is 2.04 bits per heavy atom. The highest BCUT2D eigenvalue weighted by Crippen LogP contribution is 2.60. The van der Waals surface area contributed by atoms with Gasteiger partial charge in [0.05, 0.1) is 0 Å². The van der Waals surface area contributed by atoms with Gasteiger partial charge in [-0.15, -0.1) is 0 Å². The van der Waals surface area contributed by atoms with Crippen LogP contribution in [0.25, 0.3) is 0 Å². The van der Waals surface area contributed by atoms with E-state index in [2.05, 4.69) is 46.8 Å². The topological polar surface area (TPSA) is 45.6 Å². The fourth-order valence-electron chi connectivity index (χ4n) is 5.54. The fraction of sp³-hybridized carbons (Fsp3) is 0.696. The third-order valence-electron chi connectivity index (χ3n) is 7.21. The molecule has 3 atom stereocenters. The van der Waals surface area contributed by atoms with Crippen LogP contribution in [0.5, 0.6) is 0 Å². The number of hydrogen-bond acceptors (Lipinski definition) is 2. The number of nitrogens with zero attached hydrogens (tertiary/aromatic N) is 1. The van der Waals surface area contributed by atoms with Crippen LogP contribution in [-0.4, -0.2) is 39.3 Å². The molecule has 1 aromatic rings. The molecule has 0 spiro atoms. The van der Waals surface area contributed by atoms with Crippen molar-refractivity contribution in [2.75, 3.05) is 33.4 Å². The molecule has 2 N–H and O–H groups in total. The van der Waals surface area contributed by atoms with Gasteiger partial charge in [-0.2, -0.15) is 0 Å². The van der Waals surface area contributed by atoms with E-state index in [1.165, 1.54) is 32.1 Å². The van der Waals surface area contributed by atoms with Gasteiger partial charge in [0, 0.05) is 33.4 Å². The minimum absolute atomic E-state index is 0.391. The van der Waals surface area contributed by atoms with E-state index in [1.54, 1.807) is 11.1 Å². The van der Waals surface area contributed by atoms with Gasteiger partial charge in [-0.1, -0.05) is 37.1 Å². The van der Waals surface area contributed by atoms with Gasteiger partial charge in [0.15, 0.2) is 5.96 Å². The second-order valence-electron chi connectivity index (χ2n) is 8.72. The smallest absolute Gasteiger partial charge is 0.191 e. The molecule has 3 unspecified atom stereocenters. The molecule has 1 aromatic carbocycles. The zero-order valence-electron chi connectivity index (χ0n) is 17.0. The van der Waals surface area contributed by atoms with Crippen LogP contribution in [0.2, 0.25) is 0 Å². The lowest BCUT2D eigenvalue weighted by Crippen LogP contribution is -2.44. The molecule has 0 saturated heterocycles. The van der Waals surface area contributed by atoms with Crippen molar-refractivity contribution in [3.05, 3.63) is 35.4 Å². The van der Waals surface area contributed by atoms with Crippen LogP contribution in [0.3, 0.4) is 0 Å². The Morgan fingerprint density at radius 1 is 1.22 bits per heavy atom. The van der Waals surface area contributed by atoms with Gasteiger partial charge in [0.25, 0.3) is 0 Å². The Kier molecular flexibility index (Phi) is 5.72. The van der Waals surface area contributed by atoms with Gasteiger partial charge in [-0.05, 0) is 66.9 Å². The Balaban J connectivity index is 1.25. The summed E-state index contributed by atoms with van der Waals surface area (Å²) in [6.07, 6.45) is 7.75. The molecule has 0 aliphatic heterocycles. The predicted octanol–water partition coefficient (Wildman–Crippen LogP) is 3.72. The summed E-state index contributed by atoms with van der Waals surface area (Å²) >= 11 is 0. The summed E-state index contributed by atoms with van der Waals surface area (Å²) < 4.78 is 5.64. The van der Waals surface area contributed by atoms with Gasteiger partial charge in [0.1, 0.15) is 0 Å². The maximum absolute atomic E-state index is 5.64. The van der Waals surface area contributed by atoms with Crippen LogP contribution in [0.4, 0.5) is 0 Å². The van der Waals surface area contributed by atoms with Crippen molar-refractivity contribution in [1.29, 1.82) is 0 Å². The van der Waals surface area contributed by atoms with E-state index in [9.17, 15) is 0 Å². The average Bonchev–Trinajstić information content (AvgIpc) is 3.03. The highest BCUT2D eigenvalue weighted by atomic mass is 16.5. The molecule has 3 aliphatic carbocycles. The second kappa shape index (κ2) is 8.22. The fourth-order valence-corrected chi connectivity index (χ4v) is 5.54. The number of guanidine groups is 1. The molecular formula is C23H35N3O. The minimum Gasteiger partial charge on any atom is -0.382 e. The lowest BCUT2D eigenvalue weighted by atomic mass is 9.83. The van der Waals surface area contributed by atoms with Gasteiger partial charge >= 0.3 is 0 Å². The number of aliphatic imine (C=N–C) groups is 1. The first kappa shape index (κ1) is 18.8. The van der Waals surface area contributed by atoms with Gasteiger partial charge < -0.3 is 15.4 Å². The third-order valence-corrected chi connectivity index (χ3v) is 7.21. The molecule has 4 rings (SSSR count). The summed E-state index contributed by atoms with van der Waals surface area (Å²) in [4.78, 5) is 4.48. The maximum Gasteiger partial charge on any atom is 0.191 e. The summed E-state index contributed by atoms with van der Waals surface area (Å²) in [6, 6.07) is 8.99. The molecule has 27 heavy (non-hydrogen) atoms. The zero-order chi connectivity index (χ0) is 18.7. The Bertz CT molecular complexity index is 665. The summed E-state index contributed by atoms with van der Waals surface area (Å²) in [7, 11) is 1.89. The monoisotopic (exact) mass is 369 g/mol. The van der Waals surface area contributed by atoms with E-state index in [4.69, 9.17) is 4.74 Å². The van der Waals surface area contributed by atoms with Crippen molar-refractivity contribution < 1.29 is 4.74 Å². The standard InChI is InChI=1S/C23H35N3O/c1-3-27-13-12-23(10-6-7-11-23)16-26-22(24-2)25-15-20-19-14-17-8-4-5-9-18(17)21(19)20/h4-5,8-9,19-21H,3,6-7,10-16H2,1-2H3,(H2,24,25,26). The molecule has 148 valence electrons. The molecule has 0 radical (unpaired) electrons. The van der Waals surface area contributed by atoms with Crippen LogP contribution in [0.15, 0.2) is 29.3 Å². The first-order valence-corrected chi connectivity index (χ1v) is 10.9. The normalized spacial score (nSPS) is 27.9. The van der Waals surface area contributed by atoms with Gasteiger partial charge in [-0.25, -0.2) is 0 Å². The van der Waals surface area contributed by atoms with Crippen LogP contribution in [0.1, 0.15) is 56.1 Å². The summed E-state index contributed by atoms with van der Waals surface area (Å²) in [5, 5.41) is 7.24. The van der Waals surface area contributed by atoms with Gasteiger partial charge in [0.2, 0.25) is 0 Å². The zero-order valence-corrected chi connectivity index (χ0v) is 17.0. The number of nitrogens with one attached hydrogen (secondary N) is 2. The second-order valence-corrected chi connectivity index (χ2v) is 8.72. The van der Waals surface area contributed by atoms with Crippen molar-refractivity contribution in [2.24, 2.45) is 22.2 Å². The summed E-state index contributed by atoms with van der Waals surface area (Å²) in [5.74, 6) is 3.37. The first-order chi connectivity index (χ1) is 13.3. The molecular weight excluding hydrogens is 334 g/mol. The van der Waals surface area contributed by atoms with Crippen molar-refractivity contribution in [3.8, 4) is 0 Å². The van der Waals surface area contributed by atoms with E-state index >= 15 is 0 Å². The maximum atomic E-state index is 5.64. The molecule has 0 amide bonds. The molecule has 2 fully saturated rings. The van der Waals surface area contributed by atoms with Crippen molar-refractivity contribution in [3.63, 3.8) is 0 Å². The Morgan fingerprint density at radius 3 is 2.81 bits per heavy atom. The molecule has 2 saturated carbocycles. The number of fused-ring (bicyclic) bond motifs is 3. The average molecular weight is 370 g/mol. The highest BCUT2D eigenvalue weighted by Gasteiger charge is 2.54. The molecule has 3 aliphatic rings. The van der Waals surface area contributed by atoms with E-state index in [-0.39, 0.29) is 0 Å². The quantitative estimate of drug-likeness (QED) is 0.417. The first-order valence-electron chi connectivity index (χ1n) is 10.9. The predicted molar refractivity (Wildman–Crippen MR) is 111 cm³/mol. The lowest BCUT2D eigenvalue weighted by Gasteiger charge is -2.30. The number of hydrogen-bond donors (Lipinski definition) is 2. The highest BCUT2D eigenvalue weighted by molar-refractivity contribution is 5.79. The lowest BCUT2D eigenvalue weighted by molar-refractivity contribution is 0.105. The van der Waals surface area contributed by atoms with E-state index in [0.717, 1.165) is 56.4 Å². The molecule has 4 nitrogen and oxygen atoms in total. The van der Waals surface area contributed by atoms with Crippen molar-refractivity contribution in [2.45, 2.75) is 51.4 Å². The minimum atomic E-state index is 0.391. The van der Waals surface area contributed by atoms with Crippen LogP contribution in [0, 0.1) is 17.3 Å². The largest absolute Gasteiger partial charge is 0.382 e. The summed E-state index contributed by atoms with van der Waals surface area (Å²) in [5.41, 5.74) is 3.56.